The summed E-state index contributed by atoms with van der Waals surface area (Å²) >= 11 is 0. The smallest absolute Gasteiger partial charge is 0.251 e. The van der Waals surface area contributed by atoms with Crippen molar-refractivity contribution in [3.63, 3.8) is 0 Å². The van der Waals surface area contributed by atoms with E-state index in [9.17, 15) is 14.7 Å². The van der Waals surface area contributed by atoms with Crippen molar-refractivity contribution < 1.29 is 14.7 Å². The molecule has 0 unspecified atom stereocenters. The number of amides is 1. The fourth-order valence-corrected chi connectivity index (χ4v) is 3.06. The van der Waals surface area contributed by atoms with Crippen LogP contribution in [0.5, 0.6) is 5.75 Å². The summed E-state index contributed by atoms with van der Waals surface area (Å²) in [6, 6.07) is 12.1. The average molecular weight is 394 g/mol. The number of ketones is 1. The highest BCUT2D eigenvalue weighted by Gasteiger charge is 2.08. The number of aryl methyl sites for hydroxylation is 1. The van der Waals surface area contributed by atoms with Crippen LogP contribution in [0.15, 0.2) is 48.5 Å². The van der Waals surface area contributed by atoms with Crippen LogP contribution in [0.1, 0.15) is 77.3 Å². The molecule has 0 aliphatic heterocycles. The zero-order chi connectivity index (χ0) is 21.1. The summed E-state index contributed by atoms with van der Waals surface area (Å²) in [5, 5.41) is 12.8. The fourth-order valence-electron chi connectivity index (χ4n) is 3.06. The van der Waals surface area contributed by atoms with Crippen molar-refractivity contribution in [1.82, 2.24) is 5.32 Å². The van der Waals surface area contributed by atoms with Crippen molar-refractivity contribution in [2.24, 2.45) is 0 Å². The average Bonchev–Trinajstić information content (AvgIpc) is 2.73. The minimum atomic E-state index is -0.257. The van der Waals surface area contributed by atoms with E-state index in [1.54, 1.807) is 42.5 Å². The number of aromatic hydroxyl groups is 1. The Balaban J connectivity index is 1.83. The standard InChI is InChI=1S/C25H31NO3/c1-3-4-5-6-7-8-17-26-25(29)21-13-10-20(11-14-21)12-16-24(28)22-18-19(2)9-15-23(22)27/h9-16,18,27H,3-8,17H2,1-2H3,(H,26,29)/b16-12+. The molecule has 154 valence electrons. The summed E-state index contributed by atoms with van der Waals surface area (Å²) in [6.45, 7) is 4.77. The Kier molecular flexibility index (Phi) is 9.16. The normalized spacial score (nSPS) is 11.0. The van der Waals surface area contributed by atoms with Crippen LogP contribution in [0.4, 0.5) is 0 Å². The Bertz CT molecular complexity index is 838. The van der Waals surface area contributed by atoms with Gasteiger partial charge < -0.3 is 10.4 Å². The molecule has 4 heteroatoms. The van der Waals surface area contributed by atoms with Gasteiger partial charge in [-0.25, -0.2) is 0 Å². The summed E-state index contributed by atoms with van der Waals surface area (Å²) < 4.78 is 0. The molecule has 0 aliphatic rings. The van der Waals surface area contributed by atoms with Crippen LogP contribution in [-0.2, 0) is 0 Å². The number of nitrogens with one attached hydrogen (secondary N) is 1. The Morgan fingerprint density at radius 2 is 1.66 bits per heavy atom. The van der Waals surface area contributed by atoms with Crippen LogP contribution in [0.3, 0.4) is 0 Å². The molecule has 1 amide bonds. The van der Waals surface area contributed by atoms with Crippen LogP contribution in [0.25, 0.3) is 6.08 Å². The molecule has 0 saturated heterocycles. The first-order valence-electron chi connectivity index (χ1n) is 10.4. The molecule has 0 aromatic heterocycles. The molecule has 0 aliphatic carbocycles. The first-order valence-corrected chi connectivity index (χ1v) is 10.4. The minimum absolute atomic E-state index is 0.0253. The van der Waals surface area contributed by atoms with Crippen molar-refractivity contribution in [3.05, 3.63) is 70.8 Å². The zero-order valence-electron chi connectivity index (χ0n) is 17.4. The van der Waals surface area contributed by atoms with Gasteiger partial charge in [0.25, 0.3) is 5.91 Å². The molecular formula is C25H31NO3. The summed E-state index contributed by atoms with van der Waals surface area (Å²) in [5.41, 5.74) is 2.62. The summed E-state index contributed by atoms with van der Waals surface area (Å²) in [7, 11) is 0. The number of hydrogen-bond acceptors (Lipinski definition) is 3. The summed E-state index contributed by atoms with van der Waals surface area (Å²) in [5.74, 6) is -0.357. The van der Waals surface area contributed by atoms with E-state index in [0.29, 0.717) is 12.1 Å². The Hall–Kier alpha value is -2.88. The third-order valence-corrected chi connectivity index (χ3v) is 4.83. The monoisotopic (exact) mass is 393 g/mol. The molecule has 0 fully saturated rings. The topological polar surface area (TPSA) is 66.4 Å². The fraction of sp³-hybridized carbons (Fsp3) is 0.360. The summed E-state index contributed by atoms with van der Waals surface area (Å²) in [6.07, 6.45) is 10.3. The second-order valence-electron chi connectivity index (χ2n) is 7.36. The maximum Gasteiger partial charge on any atom is 0.251 e. The van der Waals surface area contributed by atoms with E-state index in [4.69, 9.17) is 0 Å². The second-order valence-corrected chi connectivity index (χ2v) is 7.36. The van der Waals surface area contributed by atoms with Gasteiger partial charge in [-0.05, 0) is 49.2 Å². The lowest BCUT2D eigenvalue weighted by Gasteiger charge is -2.06. The number of hydrogen-bond donors (Lipinski definition) is 2. The molecule has 0 spiro atoms. The lowest BCUT2D eigenvalue weighted by molar-refractivity contribution is 0.0952. The predicted octanol–water partition coefficient (Wildman–Crippen LogP) is 5.69. The van der Waals surface area contributed by atoms with Gasteiger partial charge in [-0.1, -0.05) is 68.9 Å². The molecule has 4 nitrogen and oxygen atoms in total. The molecule has 0 bridgehead atoms. The molecule has 0 saturated carbocycles. The van der Waals surface area contributed by atoms with Gasteiger partial charge in [0, 0.05) is 12.1 Å². The van der Waals surface area contributed by atoms with Crippen LogP contribution < -0.4 is 5.32 Å². The van der Waals surface area contributed by atoms with Crippen LogP contribution >= 0.6 is 0 Å². The van der Waals surface area contributed by atoms with E-state index in [2.05, 4.69) is 12.2 Å². The van der Waals surface area contributed by atoms with E-state index in [-0.39, 0.29) is 23.0 Å². The molecular weight excluding hydrogens is 362 g/mol. The third kappa shape index (κ3) is 7.57. The van der Waals surface area contributed by atoms with Gasteiger partial charge in [0.1, 0.15) is 5.75 Å². The largest absolute Gasteiger partial charge is 0.507 e. The van der Waals surface area contributed by atoms with Gasteiger partial charge in [0.05, 0.1) is 5.56 Å². The number of phenolic OH excluding ortho intramolecular Hbond substituents is 1. The van der Waals surface area contributed by atoms with Crippen LogP contribution in [0.2, 0.25) is 0 Å². The lowest BCUT2D eigenvalue weighted by atomic mass is 10.0. The molecule has 2 N–H and O–H groups in total. The summed E-state index contributed by atoms with van der Waals surface area (Å²) in [4.78, 5) is 24.5. The van der Waals surface area contributed by atoms with E-state index < -0.39 is 0 Å². The SMILES string of the molecule is CCCCCCCCNC(=O)c1ccc(/C=C/C(=O)c2cc(C)ccc2O)cc1. The van der Waals surface area contributed by atoms with Crippen molar-refractivity contribution in [2.75, 3.05) is 6.54 Å². The number of rotatable bonds is 11. The minimum Gasteiger partial charge on any atom is -0.507 e. The van der Waals surface area contributed by atoms with E-state index >= 15 is 0 Å². The molecule has 2 aromatic carbocycles. The Morgan fingerprint density at radius 1 is 0.966 bits per heavy atom. The van der Waals surface area contributed by atoms with Gasteiger partial charge >= 0.3 is 0 Å². The van der Waals surface area contributed by atoms with Crippen molar-refractivity contribution in [2.45, 2.75) is 52.4 Å². The van der Waals surface area contributed by atoms with Crippen molar-refractivity contribution >= 4 is 17.8 Å². The number of carbonyl (C=O) groups excluding carboxylic acids is 2. The maximum atomic E-state index is 12.3. The second kappa shape index (κ2) is 11.8. The third-order valence-electron chi connectivity index (χ3n) is 4.83. The first-order chi connectivity index (χ1) is 14.0. The molecule has 0 radical (unpaired) electrons. The molecule has 2 rings (SSSR count). The van der Waals surface area contributed by atoms with Gasteiger partial charge in [0.2, 0.25) is 0 Å². The highest BCUT2D eigenvalue weighted by molar-refractivity contribution is 6.08. The highest BCUT2D eigenvalue weighted by atomic mass is 16.3. The van der Waals surface area contributed by atoms with Gasteiger partial charge in [-0.2, -0.15) is 0 Å². The number of unbranched alkanes of at least 4 members (excludes halogenated alkanes) is 5. The van der Waals surface area contributed by atoms with Gasteiger partial charge in [-0.3, -0.25) is 9.59 Å². The zero-order valence-corrected chi connectivity index (χ0v) is 17.4. The quantitative estimate of drug-likeness (QED) is 0.293. The van der Waals surface area contributed by atoms with E-state index in [1.165, 1.54) is 37.8 Å². The predicted molar refractivity (Wildman–Crippen MR) is 118 cm³/mol. The number of carbonyl (C=O) groups is 2. The van der Waals surface area contributed by atoms with Crippen molar-refractivity contribution in [1.29, 1.82) is 0 Å². The van der Waals surface area contributed by atoms with Crippen molar-refractivity contribution in [3.8, 4) is 5.75 Å². The number of allylic oxidation sites excluding steroid dienone is 1. The van der Waals surface area contributed by atoms with Gasteiger partial charge in [0.15, 0.2) is 5.78 Å². The van der Waals surface area contributed by atoms with E-state index in [0.717, 1.165) is 24.0 Å². The van der Waals surface area contributed by atoms with E-state index in [1.807, 2.05) is 6.92 Å². The number of phenols is 1. The van der Waals surface area contributed by atoms with Gasteiger partial charge in [-0.15, -0.1) is 0 Å². The number of benzene rings is 2. The van der Waals surface area contributed by atoms with Crippen LogP contribution in [-0.4, -0.2) is 23.3 Å². The lowest BCUT2D eigenvalue weighted by Crippen LogP contribution is -2.24. The first kappa shape index (κ1) is 22.4. The Morgan fingerprint density at radius 3 is 2.38 bits per heavy atom. The maximum absolute atomic E-state index is 12.3. The van der Waals surface area contributed by atoms with Crippen LogP contribution in [0, 0.1) is 6.92 Å². The molecule has 29 heavy (non-hydrogen) atoms. The molecule has 0 heterocycles. The molecule has 0 atom stereocenters. The molecule has 2 aromatic rings. The Labute approximate surface area is 173 Å². The highest BCUT2D eigenvalue weighted by Crippen LogP contribution is 2.19.